The Bertz CT molecular complexity index is 1020. The van der Waals surface area contributed by atoms with Gasteiger partial charge in [-0.05, 0) is 61.4 Å². The quantitative estimate of drug-likeness (QED) is 0.681. The van der Waals surface area contributed by atoms with Crippen LogP contribution in [0.3, 0.4) is 0 Å². The van der Waals surface area contributed by atoms with E-state index >= 15 is 0 Å². The summed E-state index contributed by atoms with van der Waals surface area (Å²) in [5.74, 6) is 0.617. The fourth-order valence-corrected chi connectivity index (χ4v) is 4.02. The maximum Gasteiger partial charge on any atom is 0.264 e. The summed E-state index contributed by atoms with van der Waals surface area (Å²) >= 11 is 5.95. The zero-order chi connectivity index (χ0) is 18.7. The number of hydrogen-bond donors (Lipinski definition) is 2. The molecule has 134 valence electrons. The molecule has 0 unspecified atom stereocenters. The van der Waals surface area contributed by atoms with Crippen molar-refractivity contribution in [3.63, 3.8) is 0 Å². The Balaban J connectivity index is 1.76. The number of anilines is 3. The molecular formula is C18H17ClN4O2S. The van der Waals surface area contributed by atoms with Crippen molar-refractivity contribution in [3.8, 4) is 0 Å². The molecule has 0 spiro atoms. The molecule has 1 aromatic heterocycles. The molecule has 0 radical (unpaired) electrons. The Labute approximate surface area is 157 Å². The van der Waals surface area contributed by atoms with E-state index in [0.29, 0.717) is 5.82 Å². The highest BCUT2D eigenvalue weighted by atomic mass is 35.5. The number of aromatic nitrogens is 2. The SMILES string of the molecule is Cc1cc(C)cc(Nc2ccc(NS(=O)(=O)c3ccccc3Cl)nn2)c1. The van der Waals surface area contributed by atoms with Crippen LogP contribution in [-0.4, -0.2) is 18.6 Å². The van der Waals surface area contributed by atoms with Crippen LogP contribution in [0.1, 0.15) is 11.1 Å². The molecule has 2 N–H and O–H groups in total. The van der Waals surface area contributed by atoms with Gasteiger partial charge in [0.15, 0.2) is 11.6 Å². The number of nitrogens with one attached hydrogen (secondary N) is 2. The number of rotatable bonds is 5. The molecule has 8 heteroatoms. The molecule has 0 fully saturated rings. The van der Waals surface area contributed by atoms with Gasteiger partial charge in [0.05, 0.1) is 5.02 Å². The molecule has 0 aliphatic carbocycles. The number of hydrogen-bond acceptors (Lipinski definition) is 5. The summed E-state index contributed by atoms with van der Waals surface area (Å²) in [5.41, 5.74) is 3.15. The summed E-state index contributed by atoms with van der Waals surface area (Å²) in [5, 5.41) is 11.2. The van der Waals surface area contributed by atoms with Crippen LogP contribution in [0.25, 0.3) is 0 Å². The topological polar surface area (TPSA) is 84.0 Å². The van der Waals surface area contributed by atoms with Gasteiger partial charge in [0.2, 0.25) is 0 Å². The van der Waals surface area contributed by atoms with Crippen molar-refractivity contribution < 1.29 is 8.42 Å². The van der Waals surface area contributed by atoms with Crippen LogP contribution in [0.15, 0.2) is 59.5 Å². The molecule has 2 aromatic carbocycles. The van der Waals surface area contributed by atoms with Gasteiger partial charge in [0.25, 0.3) is 10.0 Å². The lowest BCUT2D eigenvalue weighted by molar-refractivity contribution is 0.601. The first-order valence-electron chi connectivity index (χ1n) is 7.80. The zero-order valence-corrected chi connectivity index (χ0v) is 15.8. The molecule has 6 nitrogen and oxygen atoms in total. The molecular weight excluding hydrogens is 372 g/mol. The molecule has 26 heavy (non-hydrogen) atoms. The van der Waals surface area contributed by atoms with Gasteiger partial charge in [-0.2, -0.15) is 0 Å². The van der Waals surface area contributed by atoms with E-state index in [1.54, 1.807) is 18.2 Å². The van der Waals surface area contributed by atoms with Crippen molar-refractivity contribution in [2.45, 2.75) is 18.7 Å². The normalized spacial score (nSPS) is 11.2. The van der Waals surface area contributed by atoms with Crippen molar-refractivity contribution in [2.24, 2.45) is 0 Å². The van der Waals surface area contributed by atoms with Crippen molar-refractivity contribution in [1.82, 2.24) is 10.2 Å². The largest absolute Gasteiger partial charge is 0.339 e. The second kappa shape index (κ2) is 7.31. The fraction of sp³-hybridized carbons (Fsp3) is 0.111. The second-order valence-corrected chi connectivity index (χ2v) is 7.90. The molecule has 0 saturated carbocycles. The van der Waals surface area contributed by atoms with Crippen LogP contribution < -0.4 is 10.0 Å². The first-order valence-corrected chi connectivity index (χ1v) is 9.66. The molecule has 0 aliphatic heterocycles. The smallest absolute Gasteiger partial charge is 0.264 e. The summed E-state index contributed by atoms with van der Waals surface area (Å²) in [4.78, 5) is -0.0131. The van der Waals surface area contributed by atoms with E-state index in [-0.39, 0.29) is 15.7 Å². The van der Waals surface area contributed by atoms with Gasteiger partial charge in [0.1, 0.15) is 4.90 Å². The first kappa shape index (κ1) is 18.2. The summed E-state index contributed by atoms with van der Waals surface area (Å²) < 4.78 is 27.2. The third kappa shape index (κ3) is 4.30. The summed E-state index contributed by atoms with van der Waals surface area (Å²) in [6.07, 6.45) is 0. The van der Waals surface area contributed by atoms with E-state index in [0.717, 1.165) is 16.8 Å². The van der Waals surface area contributed by atoms with Crippen LogP contribution in [-0.2, 0) is 10.0 Å². The lowest BCUT2D eigenvalue weighted by Gasteiger charge is -2.10. The van der Waals surface area contributed by atoms with E-state index in [9.17, 15) is 8.42 Å². The van der Waals surface area contributed by atoms with E-state index in [2.05, 4.69) is 26.3 Å². The van der Waals surface area contributed by atoms with Gasteiger partial charge in [-0.1, -0.05) is 29.8 Å². The Hall–Kier alpha value is -2.64. The predicted molar refractivity (Wildman–Crippen MR) is 103 cm³/mol. The Kier molecular flexibility index (Phi) is 5.11. The van der Waals surface area contributed by atoms with Crippen LogP contribution in [0.5, 0.6) is 0 Å². The van der Waals surface area contributed by atoms with E-state index in [1.807, 2.05) is 26.0 Å². The number of nitrogens with zero attached hydrogens (tertiary/aromatic N) is 2. The zero-order valence-electron chi connectivity index (χ0n) is 14.2. The van der Waals surface area contributed by atoms with E-state index in [4.69, 9.17) is 11.6 Å². The summed E-state index contributed by atoms with van der Waals surface area (Å²) in [7, 11) is -3.83. The van der Waals surface area contributed by atoms with Crippen LogP contribution in [0.2, 0.25) is 5.02 Å². The number of halogens is 1. The highest BCUT2D eigenvalue weighted by Crippen LogP contribution is 2.23. The van der Waals surface area contributed by atoms with Crippen molar-refractivity contribution in [2.75, 3.05) is 10.0 Å². The minimum absolute atomic E-state index is 0.0131. The van der Waals surface area contributed by atoms with Gasteiger partial charge in [-0.3, -0.25) is 4.72 Å². The average Bonchev–Trinajstić information content (AvgIpc) is 2.56. The van der Waals surface area contributed by atoms with Gasteiger partial charge in [-0.15, -0.1) is 10.2 Å². The molecule has 0 amide bonds. The summed E-state index contributed by atoms with van der Waals surface area (Å²) in [6, 6.07) is 15.4. The lowest BCUT2D eigenvalue weighted by Crippen LogP contribution is -2.14. The lowest BCUT2D eigenvalue weighted by atomic mass is 10.1. The van der Waals surface area contributed by atoms with Crippen LogP contribution >= 0.6 is 11.6 Å². The van der Waals surface area contributed by atoms with Gasteiger partial charge < -0.3 is 5.32 Å². The third-order valence-corrected chi connectivity index (χ3v) is 5.38. The van der Waals surface area contributed by atoms with Gasteiger partial charge in [0, 0.05) is 5.69 Å². The van der Waals surface area contributed by atoms with Gasteiger partial charge in [-0.25, -0.2) is 8.42 Å². The third-order valence-electron chi connectivity index (χ3n) is 3.52. The molecule has 0 aliphatic rings. The Morgan fingerprint density at radius 1 is 0.885 bits per heavy atom. The van der Waals surface area contributed by atoms with Crippen molar-refractivity contribution in [3.05, 3.63) is 70.7 Å². The highest BCUT2D eigenvalue weighted by Gasteiger charge is 2.18. The van der Waals surface area contributed by atoms with Crippen LogP contribution in [0, 0.1) is 13.8 Å². The Morgan fingerprint density at radius 2 is 1.50 bits per heavy atom. The number of aryl methyl sites for hydroxylation is 2. The highest BCUT2D eigenvalue weighted by molar-refractivity contribution is 7.92. The van der Waals surface area contributed by atoms with E-state index in [1.165, 1.54) is 18.2 Å². The molecule has 3 rings (SSSR count). The first-order chi connectivity index (χ1) is 12.3. The fourth-order valence-electron chi connectivity index (χ4n) is 2.50. The van der Waals surface area contributed by atoms with Crippen molar-refractivity contribution >= 4 is 38.9 Å². The molecule has 0 atom stereocenters. The molecule has 0 bridgehead atoms. The maximum absolute atomic E-state index is 12.4. The minimum Gasteiger partial charge on any atom is -0.339 e. The number of sulfonamides is 1. The average molecular weight is 389 g/mol. The maximum atomic E-state index is 12.4. The molecule has 1 heterocycles. The minimum atomic E-state index is -3.83. The molecule has 3 aromatic rings. The monoisotopic (exact) mass is 388 g/mol. The summed E-state index contributed by atoms with van der Waals surface area (Å²) in [6.45, 7) is 4.02. The van der Waals surface area contributed by atoms with Gasteiger partial charge >= 0.3 is 0 Å². The van der Waals surface area contributed by atoms with E-state index < -0.39 is 10.0 Å². The standard InChI is InChI=1S/C18H17ClN4O2S/c1-12-9-13(2)11-14(10-12)20-17-7-8-18(22-21-17)23-26(24,25)16-6-4-3-5-15(16)19/h3-11H,1-2H3,(H,20,21)(H,22,23). The van der Waals surface area contributed by atoms with Crippen molar-refractivity contribution in [1.29, 1.82) is 0 Å². The Morgan fingerprint density at radius 3 is 2.12 bits per heavy atom. The number of benzene rings is 2. The molecule has 0 saturated heterocycles. The second-order valence-electron chi connectivity index (χ2n) is 5.84. The van der Waals surface area contributed by atoms with Crippen LogP contribution in [0.4, 0.5) is 17.3 Å². The predicted octanol–water partition coefficient (Wildman–Crippen LogP) is 4.29.